The van der Waals surface area contributed by atoms with Crippen molar-refractivity contribution in [1.82, 2.24) is 9.71 Å². The lowest BCUT2D eigenvalue weighted by molar-refractivity contribution is -0.121. The molecule has 8 heteroatoms. The van der Waals surface area contributed by atoms with Gasteiger partial charge in [-0.25, -0.2) is 13.4 Å². The van der Waals surface area contributed by atoms with E-state index in [0.717, 1.165) is 6.26 Å². The monoisotopic (exact) mass is 322 g/mol. The minimum atomic E-state index is -3.59. The molecule has 22 heavy (non-hydrogen) atoms. The lowest BCUT2D eigenvalue weighted by Crippen LogP contribution is -2.33. The highest BCUT2D eigenvalue weighted by Crippen LogP contribution is 2.23. The maximum Gasteiger partial charge on any atom is 0.271 e. The molecule has 0 atom stereocenters. The molecule has 0 radical (unpaired) electrons. The molecule has 0 aliphatic carbocycles. The number of carbonyl (C=O) groups is 1. The van der Waals surface area contributed by atoms with Gasteiger partial charge in [-0.05, 0) is 18.2 Å². The Morgan fingerprint density at radius 3 is 2.64 bits per heavy atom. The van der Waals surface area contributed by atoms with Crippen LogP contribution in [0.25, 0.3) is 0 Å². The van der Waals surface area contributed by atoms with E-state index < -0.39 is 22.5 Å². The molecule has 1 N–H and O–H groups in total. The van der Waals surface area contributed by atoms with E-state index in [9.17, 15) is 13.2 Å². The van der Waals surface area contributed by atoms with Gasteiger partial charge in [0.25, 0.3) is 5.91 Å². The van der Waals surface area contributed by atoms with Crippen molar-refractivity contribution in [3.8, 4) is 17.4 Å². The van der Waals surface area contributed by atoms with E-state index in [4.69, 9.17) is 9.47 Å². The molecule has 1 heterocycles. The minimum Gasteiger partial charge on any atom is -0.484 e. The van der Waals surface area contributed by atoms with Crippen molar-refractivity contribution in [3.05, 3.63) is 48.7 Å². The number of aromatic nitrogens is 1. The Labute approximate surface area is 128 Å². The van der Waals surface area contributed by atoms with Crippen molar-refractivity contribution in [1.29, 1.82) is 0 Å². The Bertz CT molecular complexity index is 747. The second-order valence-corrected chi connectivity index (χ2v) is 6.08. The second-order valence-electron chi connectivity index (χ2n) is 4.33. The third-order valence-corrected chi connectivity index (χ3v) is 2.93. The predicted octanol–water partition coefficient (Wildman–Crippen LogP) is 1.33. The van der Waals surface area contributed by atoms with Gasteiger partial charge in [-0.15, -0.1) is 0 Å². The van der Waals surface area contributed by atoms with E-state index in [0.29, 0.717) is 17.4 Å². The van der Waals surface area contributed by atoms with Crippen LogP contribution in [-0.2, 0) is 14.8 Å². The van der Waals surface area contributed by atoms with Crippen molar-refractivity contribution in [2.45, 2.75) is 0 Å². The molecule has 1 aromatic heterocycles. The van der Waals surface area contributed by atoms with Crippen LogP contribution in [0.4, 0.5) is 0 Å². The first kappa shape index (κ1) is 15.8. The Morgan fingerprint density at radius 2 is 1.95 bits per heavy atom. The van der Waals surface area contributed by atoms with Gasteiger partial charge >= 0.3 is 0 Å². The molecule has 0 spiro atoms. The zero-order valence-corrected chi connectivity index (χ0v) is 12.5. The number of amides is 1. The maximum atomic E-state index is 11.4. The number of sulfonamides is 1. The molecule has 0 bridgehead atoms. The molecule has 1 aromatic carbocycles. The fraction of sp³-hybridized carbons (Fsp3) is 0.143. The van der Waals surface area contributed by atoms with Crippen molar-refractivity contribution in [3.63, 3.8) is 0 Å². The van der Waals surface area contributed by atoms with Gasteiger partial charge in [0.15, 0.2) is 6.61 Å². The van der Waals surface area contributed by atoms with Gasteiger partial charge in [-0.1, -0.05) is 12.1 Å². The Morgan fingerprint density at radius 1 is 1.18 bits per heavy atom. The van der Waals surface area contributed by atoms with Gasteiger partial charge in [-0.3, -0.25) is 9.52 Å². The molecule has 7 nitrogen and oxygen atoms in total. The van der Waals surface area contributed by atoms with Gasteiger partial charge in [-0.2, -0.15) is 0 Å². The smallest absolute Gasteiger partial charge is 0.271 e. The van der Waals surface area contributed by atoms with Crippen LogP contribution >= 0.6 is 0 Å². The topological polar surface area (TPSA) is 94.6 Å². The van der Waals surface area contributed by atoms with Gasteiger partial charge in [0.1, 0.15) is 11.5 Å². The number of hydrogen-bond donors (Lipinski definition) is 1. The highest BCUT2D eigenvalue weighted by molar-refractivity contribution is 7.89. The van der Waals surface area contributed by atoms with Crippen LogP contribution in [-0.4, -0.2) is 32.2 Å². The molecule has 0 saturated heterocycles. The summed E-state index contributed by atoms with van der Waals surface area (Å²) in [5, 5.41) is 0. The van der Waals surface area contributed by atoms with Crippen molar-refractivity contribution in [2.75, 3.05) is 12.9 Å². The van der Waals surface area contributed by atoms with Crippen LogP contribution in [0.15, 0.2) is 48.7 Å². The molecule has 0 unspecified atom stereocenters. The van der Waals surface area contributed by atoms with Crippen molar-refractivity contribution >= 4 is 15.9 Å². The third-order valence-electron chi connectivity index (χ3n) is 2.33. The molecular weight excluding hydrogens is 308 g/mol. The van der Waals surface area contributed by atoms with E-state index in [1.54, 1.807) is 48.7 Å². The van der Waals surface area contributed by atoms with Crippen LogP contribution in [0.5, 0.6) is 17.4 Å². The fourth-order valence-electron chi connectivity index (χ4n) is 1.54. The summed E-state index contributed by atoms with van der Waals surface area (Å²) >= 11 is 0. The van der Waals surface area contributed by atoms with E-state index in [2.05, 4.69) is 4.98 Å². The average Bonchev–Trinajstić information content (AvgIpc) is 2.45. The van der Waals surface area contributed by atoms with E-state index in [-0.39, 0.29) is 0 Å². The summed E-state index contributed by atoms with van der Waals surface area (Å²) in [7, 11) is -3.59. The molecular formula is C14H14N2O5S. The zero-order chi connectivity index (χ0) is 16.0. The largest absolute Gasteiger partial charge is 0.484 e. The number of nitrogens with one attached hydrogen (secondary N) is 1. The predicted molar refractivity (Wildman–Crippen MR) is 79.2 cm³/mol. The summed E-state index contributed by atoms with van der Waals surface area (Å²) in [6.07, 6.45) is 2.50. The molecule has 0 aliphatic heterocycles. The highest BCUT2D eigenvalue weighted by atomic mass is 32.2. The summed E-state index contributed by atoms with van der Waals surface area (Å²) in [5.74, 6) is 0.532. The summed E-state index contributed by atoms with van der Waals surface area (Å²) in [6.45, 7) is -0.417. The summed E-state index contributed by atoms with van der Waals surface area (Å²) in [6, 6.07) is 11.8. The standard InChI is InChI=1S/C14H14N2O5S/c1-22(18,19)16-13(17)10-20-11-5-4-6-12(9-11)21-14-7-2-3-8-15-14/h2-9H,10H2,1H3,(H,16,17). The molecule has 0 fully saturated rings. The first-order valence-corrected chi connectivity index (χ1v) is 8.14. The SMILES string of the molecule is CS(=O)(=O)NC(=O)COc1cccc(Oc2ccccn2)c1. The summed E-state index contributed by atoms with van der Waals surface area (Å²) in [4.78, 5) is 15.4. The van der Waals surface area contributed by atoms with Gasteiger partial charge in [0.05, 0.1) is 6.26 Å². The zero-order valence-electron chi connectivity index (χ0n) is 11.7. The van der Waals surface area contributed by atoms with Crippen LogP contribution in [0.2, 0.25) is 0 Å². The van der Waals surface area contributed by atoms with Gasteiger partial charge in [0.2, 0.25) is 15.9 Å². The number of rotatable bonds is 6. The Kier molecular flexibility index (Phi) is 4.95. The number of hydrogen-bond acceptors (Lipinski definition) is 6. The number of carbonyl (C=O) groups excluding carboxylic acids is 1. The first-order valence-electron chi connectivity index (χ1n) is 6.25. The Hall–Kier alpha value is -2.61. The van der Waals surface area contributed by atoms with Crippen LogP contribution in [0.3, 0.4) is 0 Å². The highest BCUT2D eigenvalue weighted by Gasteiger charge is 2.09. The number of ether oxygens (including phenoxy) is 2. The van der Waals surface area contributed by atoms with Crippen LogP contribution in [0.1, 0.15) is 0 Å². The minimum absolute atomic E-state index is 0.372. The molecule has 116 valence electrons. The summed E-state index contributed by atoms with van der Waals surface area (Å²) < 4.78 is 34.3. The molecule has 2 aromatic rings. The molecule has 0 aliphatic rings. The van der Waals surface area contributed by atoms with Crippen LogP contribution < -0.4 is 14.2 Å². The van der Waals surface area contributed by atoms with Gasteiger partial charge < -0.3 is 9.47 Å². The second kappa shape index (κ2) is 6.90. The van der Waals surface area contributed by atoms with Crippen molar-refractivity contribution in [2.24, 2.45) is 0 Å². The molecule has 2 rings (SSSR count). The quantitative estimate of drug-likeness (QED) is 0.862. The molecule has 0 saturated carbocycles. The lowest BCUT2D eigenvalue weighted by atomic mass is 10.3. The van der Waals surface area contributed by atoms with Crippen molar-refractivity contribution < 1.29 is 22.7 Å². The fourth-order valence-corrected chi connectivity index (χ4v) is 2.01. The lowest BCUT2D eigenvalue weighted by Gasteiger charge is -2.08. The number of pyridine rings is 1. The number of nitrogens with zero attached hydrogens (tertiary/aromatic N) is 1. The van der Waals surface area contributed by atoms with E-state index in [1.807, 2.05) is 4.72 Å². The van der Waals surface area contributed by atoms with Crippen LogP contribution in [0, 0.1) is 0 Å². The maximum absolute atomic E-state index is 11.4. The Balaban J connectivity index is 1.96. The first-order chi connectivity index (χ1) is 10.4. The van der Waals surface area contributed by atoms with E-state index in [1.165, 1.54) is 0 Å². The average molecular weight is 322 g/mol. The summed E-state index contributed by atoms with van der Waals surface area (Å²) in [5.41, 5.74) is 0. The third kappa shape index (κ3) is 5.41. The number of benzene rings is 1. The van der Waals surface area contributed by atoms with E-state index >= 15 is 0 Å². The normalized spacial score (nSPS) is 10.8. The van der Waals surface area contributed by atoms with Gasteiger partial charge in [0, 0.05) is 18.3 Å². The molecule has 1 amide bonds.